The molecule has 1 fully saturated rings. The van der Waals surface area contributed by atoms with Crippen LogP contribution in [0.5, 0.6) is 0 Å². The predicted molar refractivity (Wildman–Crippen MR) is 59.4 cm³/mol. The van der Waals surface area contributed by atoms with Gasteiger partial charge < -0.3 is 10.7 Å². The summed E-state index contributed by atoms with van der Waals surface area (Å²) in [6.07, 6.45) is 9.41. The molecule has 1 aromatic heterocycles. The zero-order valence-corrected chi connectivity index (χ0v) is 9.18. The maximum absolute atomic E-state index is 5.61. The molecule has 0 saturated heterocycles. The van der Waals surface area contributed by atoms with Crippen LogP contribution in [0.2, 0.25) is 0 Å². The number of aromatic nitrogens is 2. The van der Waals surface area contributed by atoms with Crippen molar-refractivity contribution in [2.24, 2.45) is 11.1 Å². The third kappa shape index (κ3) is 1.49. The van der Waals surface area contributed by atoms with E-state index in [1.165, 1.54) is 49.9 Å². The normalized spacial score (nSPS) is 23.3. The Labute approximate surface area is 90.5 Å². The highest BCUT2D eigenvalue weighted by atomic mass is 15.0. The highest BCUT2D eigenvalue weighted by Crippen LogP contribution is 2.47. The number of hydrogen-bond donors (Lipinski definition) is 2. The number of nitrogens with zero attached hydrogens (tertiary/aromatic N) is 1. The minimum absolute atomic E-state index is 0.542. The van der Waals surface area contributed by atoms with Crippen molar-refractivity contribution < 1.29 is 0 Å². The van der Waals surface area contributed by atoms with E-state index in [9.17, 15) is 0 Å². The van der Waals surface area contributed by atoms with Crippen LogP contribution in [0.25, 0.3) is 0 Å². The van der Waals surface area contributed by atoms with Crippen molar-refractivity contribution in [1.29, 1.82) is 0 Å². The van der Waals surface area contributed by atoms with Crippen molar-refractivity contribution in [3.8, 4) is 0 Å². The Bertz CT molecular complexity index is 361. The first-order chi connectivity index (χ1) is 7.31. The summed E-state index contributed by atoms with van der Waals surface area (Å²) in [5.41, 5.74) is 8.89. The van der Waals surface area contributed by atoms with Gasteiger partial charge in [-0.25, -0.2) is 4.98 Å². The molecule has 1 heterocycles. The number of aromatic amines is 1. The first-order valence-electron chi connectivity index (χ1n) is 6.08. The molecule has 0 unspecified atom stereocenters. The molecule has 3 rings (SSSR count). The number of nitrogens with one attached hydrogen (secondary N) is 1. The van der Waals surface area contributed by atoms with E-state index in [1.54, 1.807) is 0 Å². The lowest BCUT2D eigenvalue weighted by Gasteiger charge is -2.32. The average Bonchev–Trinajstić information content (AvgIpc) is 2.85. The summed E-state index contributed by atoms with van der Waals surface area (Å²) >= 11 is 0. The topological polar surface area (TPSA) is 54.7 Å². The van der Waals surface area contributed by atoms with Crippen LogP contribution >= 0.6 is 0 Å². The van der Waals surface area contributed by atoms with Crippen molar-refractivity contribution in [3.05, 3.63) is 17.2 Å². The van der Waals surface area contributed by atoms with Gasteiger partial charge in [0.1, 0.15) is 5.82 Å². The van der Waals surface area contributed by atoms with Gasteiger partial charge in [0.2, 0.25) is 0 Å². The molecule has 1 spiro atoms. The second-order valence-corrected chi connectivity index (χ2v) is 5.20. The van der Waals surface area contributed by atoms with Crippen LogP contribution in [0.4, 0.5) is 0 Å². The van der Waals surface area contributed by atoms with E-state index in [1.807, 2.05) is 0 Å². The lowest BCUT2D eigenvalue weighted by atomic mass is 9.73. The lowest BCUT2D eigenvalue weighted by molar-refractivity contribution is 0.251. The number of aryl methyl sites for hydroxylation is 1. The van der Waals surface area contributed by atoms with Crippen LogP contribution < -0.4 is 5.73 Å². The smallest absolute Gasteiger partial charge is 0.120 e. The summed E-state index contributed by atoms with van der Waals surface area (Å²) in [4.78, 5) is 7.94. The molecule has 15 heavy (non-hydrogen) atoms. The first-order valence-corrected chi connectivity index (χ1v) is 6.08. The Kier molecular flexibility index (Phi) is 2.09. The third-order valence-corrected chi connectivity index (χ3v) is 4.21. The summed E-state index contributed by atoms with van der Waals surface area (Å²) in [6.45, 7) is 0.542. The molecule has 0 bridgehead atoms. The van der Waals surface area contributed by atoms with Gasteiger partial charge in [0.05, 0.1) is 12.2 Å². The lowest BCUT2D eigenvalue weighted by Crippen LogP contribution is -2.25. The van der Waals surface area contributed by atoms with Crippen LogP contribution in [-0.4, -0.2) is 9.97 Å². The molecule has 82 valence electrons. The van der Waals surface area contributed by atoms with Crippen molar-refractivity contribution in [2.45, 2.75) is 51.5 Å². The number of rotatable bonds is 1. The van der Waals surface area contributed by atoms with E-state index in [0.717, 1.165) is 12.2 Å². The average molecular weight is 205 g/mol. The molecule has 0 amide bonds. The Morgan fingerprint density at radius 2 is 2.07 bits per heavy atom. The maximum Gasteiger partial charge on any atom is 0.120 e. The fourth-order valence-corrected chi connectivity index (χ4v) is 3.35. The van der Waals surface area contributed by atoms with Crippen LogP contribution in [-0.2, 0) is 19.4 Å². The molecule has 2 aliphatic rings. The minimum Gasteiger partial charge on any atom is -0.345 e. The molecule has 3 heteroatoms. The largest absolute Gasteiger partial charge is 0.345 e. The van der Waals surface area contributed by atoms with E-state index in [4.69, 9.17) is 5.73 Å². The molecule has 2 aliphatic carbocycles. The summed E-state index contributed by atoms with van der Waals surface area (Å²) in [7, 11) is 0. The zero-order chi connectivity index (χ0) is 10.3. The van der Waals surface area contributed by atoms with Crippen LogP contribution in [0.1, 0.15) is 49.3 Å². The summed E-state index contributed by atoms with van der Waals surface area (Å²) in [5.74, 6) is 0.968. The van der Waals surface area contributed by atoms with Crippen LogP contribution in [0.3, 0.4) is 0 Å². The maximum atomic E-state index is 5.61. The molecule has 0 radical (unpaired) electrons. The van der Waals surface area contributed by atoms with Gasteiger partial charge in [-0.15, -0.1) is 0 Å². The van der Waals surface area contributed by atoms with Gasteiger partial charge in [0.15, 0.2) is 0 Å². The van der Waals surface area contributed by atoms with Crippen molar-refractivity contribution in [1.82, 2.24) is 9.97 Å². The van der Waals surface area contributed by atoms with E-state index in [0.29, 0.717) is 12.0 Å². The van der Waals surface area contributed by atoms with Gasteiger partial charge in [-0.05, 0) is 37.5 Å². The van der Waals surface area contributed by atoms with Gasteiger partial charge in [-0.1, -0.05) is 12.8 Å². The molecule has 1 aromatic rings. The molecule has 3 N–H and O–H groups in total. The van der Waals surface area contributed by atoms with E-state index < -0.39 is 0 Å². The number of hydrogen-bond acceptors (Lipinski definition) is 2. The Morgan fingerprint density at radius 3 is 2.80 bits per heavy atom. The predicted octanol–water partition coefficient (Wildman–Crippen LogP) is 1.92. The van der Waals surface area contributed by atoms with Crippen molar-refractivity contribution >= 4 is 0 Å². The molecule has 0 aliphatic heterocycles. The van der Waals surface area contributed by atoms with Gasteiger partial charge in [0.25, 0.3) is 0 Å². The second-order valence-electron chi connectivity index (χ2n) is 5.20. The monoisotopic (exact) mass is 205 g/mol. The Hall–Kier alpha value is -0.830. The zero-order valence-electron chi connectivity index (χ0n) is 9.18. The molecule has 3 nitrogen and oxygen atoms in total. The Morgan fingerprint density at radius 1 is 1.27 bits per heavy atom. The molecular formula is C12H19N3. The summed E-state index contributed by atoms with van der Waals surface area (Å²) in [5, 5.41) is 0. The van der Waals surface area contributed by atoms with Crippen LogP contribution in [0, 0.1) is 5.41 Å². The van der Waals surface area contributed by atoms with E-state index in [-0.39, 0.29) is 0 Å². The van der Waals surface area contributed by atoms with Crippen molar-refractivity contribution in [2.75, 3.05) is 0 Å². The molecule has 0 atom stereocenters. The van der Waals surface area contributed by atoms with Gasteiger partial charge >= 0.3 is 0 Å². The van der Waals surface area contributed by atoms with Gasteiger partial charge in [0, 0.05) is 5.69 Å². The summed E-state index contributed by atoms with van der Waals surface area (Å²) in [6, 6.07) is 0. The number of nitrogens with two attached hydrogens (primary N) is 1. The Balaban J connectivity index is 1.88. The standard InChI is InChI=1S/C12H19N3/c13-8-11-14-9-3-6-12(4-1-2-5-12)7-10(9)15-11/h1-8,13H2,(H,14,15). The minimum atomic E-state index is 0.542. The number of imidazole rings is 1. The van der Waals surface area contributed by atoms with Gasteiger partial charge in [-0.2, -0.15) is 0 Å². The first kappa shape index (κ1) is 9.40. The highest BCUT2D eigenvalue weighted by molar-refractivity contribution is 5.21. The van der Waals surface area contributed by atoms with E-state index >= 15 is 0 Å². The quantitative estimate of drug-likeness (QED) is 0.736. The highest BCUT2D eigenvalue weighted by Gasteiger charge is 2.38. The molecule has 1 saturated carbocycles. The van der Waals surface area contributed by atoms with Crippen molar-refractivity contribution in [3.63, 3.8) is 0 Å². The third-order valence-electron chi connectivity index (χ3n) is 4.21. The molecule has 0 aromatic carbocycles. The number of H-pyrrole nitrogens is 1. The van der Waals surface area contributed by atoms with Gasteiger partial charge in [-0.3, -0.25) is 0 Å². The fourth-order valence-electron chi connectivity index (χ4n) is 3.35. The fraction of sp³-hybridized carbons (Fsp3) is 0.750. The second kappa shape index (κ2) is 3.34. The van der Waals surface area contributed by atoms with E-state index in [2.05, 4.69) is 9.97 Å². The number of fused-ring (bicyclic) bond motifs is 1. The summed E-state index contributed by atoms with van der Waals surface area (Å²) < 4.78 is 0. The van der Waals surface area contributed by atoms with Crippen LogP contribution in [0.15, 0.2) is 0 Å². The molecular weight excluding hydrogens is 186 g/mol. The SMILES string of the molecule is NCc1nc2c([nH]1)CC1(CCCC1)CC2.